The smallest absolute Gasteiger partial charge is 0.241 e. The molecule has 0 saturated carbocycles. The molecule has 0 saturated heterocycles. The van der Waals surface area contributed by atoms with Gasteiger partial charge in [-0.15, -0.1) is 0 Å². The number of rotatable bonds is 11. The second kappa shape index (κ2) is 12.0. The third-order valence-electron chi connectivity index (χ3n) is 4.91. The Hall–Kier alpha value is -3.43. The molecule has 1 unspecified atom stereocenters. The van der Waals surface area contributed by atoms with Gasteiger partial charge in [-0.1, -0.05) is 36.4 Å². The molecule has 8 nitrogen and oxygen atoms in total. The highest BCUT2D eigenvalue weighted by Gasteiger charge is 2.14. The largest absolute Gasteiger partial charge is 0.370 e. The van der Waals surface area contributed by atoms with Crippen LogP contribution < -0.4 is 27.1 Å². The fourth-order valence-electron chi connectivity index (χ4n) is 3.19. The first-order valence-corrected chi connectivity index (χ1v) is 10.9. The lowest BCUT2D eigenvalue weighted by atomic mass is 9.99. The van der Waals surface area contributed by atoms with Crippen molar-refractivity contribution in [3.05, 3.63) is 66.4 Å². The number of nitrogens with zero attached hydrogens (tertiary/aromatic N) is 3. The van der Waals surface area contributed by atoms with Crippen LogP contribution in [0.4, 0.5) is 23.1 Å². The number of nitrogens with two attached hydrogens (primary N) is 1. The van der Waals surface area contributed by atoms with Crippen molar-refractivity contribution in [2.75, 3.05) is 43.1 Å². The summed E-state index contributed by atoms with van der Waals surface area (Å²) in [5, 5.41) is 9.28. The maximum Gasteiger partial charge on any atom is 0.241 e. The van der Waals surface area contributed by atoms with E-state index in [9.17, 15) is 4.79 Å². The summed E-state index contributed by atoms with van der Waals surface area (Å²) >= 11 is 0. The quantitative estimate of drug-likeness (QED) is 0.265. The van der Waals surface area contributed by atoms with Crippen molar-refractivity contribution in [2.45, 2.75) is 18.9 Å². The third kappa shape index (κ3) is 7.89. The molecule has 1 heterocycles. The molecule has 0 bridgehead atoms. The van der Waals surface area contributed by atoms with Gasteiger partial charge >= 0.3 is 0 Å². The minimum absolute atomic E-state index is 0.246. The fourth-order valence-corrected chi connectivity index (χ4v) is 3.19. The van der Waals surface area contributed by atoms with Gasteiger partial charge < -0.3 is 26.6 Å². The Balaban J connectivity index is 1.59. The van der Waals surface area contributed by atoms with E-state index in [0.717, 1.165) is 30.8 Å². The summed E-state index contributed by atoms with van der Waals surface area (Å²) in [6.07, 6.45) is 3.00. The predicted octanol–water partition coefficient (Wildman–Crippen LogP) is 1.89. The van der Waals surface area contributed by atoms with E-state index in [1.165, 1.54) is 0 Å². The van der Waals surface area contributed by atoms with Crippen LogP contribution >= 0.6 is 0 Å². The molecule has 33 heavy (non-hydrogen) atoms. The van der Waals surface area contributed by atoms with Gasteiger partial charge in [-0.25, -0.2) is 4.98 Å². The fraction of sp³-hybridized carbons (Fsp3) is 0.292. The average Bonchev–Trinajstić information content (AvgIpc) is 2.79. The van der Waals surface area contributed by atoms with E-state index >= 15 is 0 Å². The maximum absolute atomic E-state index is 12.5. The highest BCUT2D eigenvalue weighted by Crippen LogP contribution is 2.19. The monoisotopic (exact) mass is 443 g/mol. The lowest BCUT2D eigenvalue weighted by Crippen LogP contribution is -2.37. The van der Waals surface area contributed by atoms with E-state index in [4.69, 9.17) is 13.6 Å². The number of carbonyl (C=O) groups is 1. The van der Waals surface area contributed by atoms with Crippen molar-refractivity contribution in [1.29, 1.82) is 0 Å². The molecular weight excluding hydrogens is 413 g/mol. The first kappa shape index (κ1) is 24.2. The highest BCUT2D eigenvalue weighted by molar-refractivity contribution is 6.35. The SMILES string of the molecule is [B]c1cnc(Nc2cccc(NC(=O)C(N)Cc3ccccc3)c2)nc1NCCCN(C)C. The molecule has 1 aromatic heterocycles. The number of nitrogens with one attached hydrogen (secondary N) is 3. The van der Waals surface area contributed by atoms with Crippen molar-refractivity contribution in [3.63, 3.8) is 0 Å². The normalized spacial score (nSPS) is 11.8. The van der Waals surface area contributed by atoms with E-state index in [2.05, 4.69) is 30.8 Å². The molecule has 2 radical (unpaired) electrons. The molecule has 2 aromatic carbocycles. The summed E-state index contributed by atoms with van der Waals surface area (Å²) in [4.78, 5) is 23.4. The maximum atomic E-state index is 12.5. The van der Waals surface area contributed by atoms with E-state index in [1.54, 1.807) is 18.3 Å². The van der Waals surface area contributed by atoms with Crippen molar-refractivity contribution in [3.8, 4) is 0 Å². The first-order valence-electron chi connectivity index (χ1n) is 10.9. The molecule has 170 valence electrons. The van der Waals surface area contributed by atoms with Crippen molar-refractivity contribution < 1.29 is 4.79 Å². The summed E-state index contributed by atoms with van der Waals surface area (Å²) in [5.74, 6) is 0.745. The van der Waals surface area contributed by atoms with Crippen LogP contribution in [0.1, 0.15) is 12.0 Å². The number of benzene rings is 2. The Kier molecular flexibility index (Phi) is 8.80. The Morgan fingerprint density at radius 1 is 1.12 bits per heavy atom. The molecule has 3 aromatic rings. The molecule has 0 aliphatic carbocycles. The minimum Gasteiger partial charge on any atom is -0.370 e. The second-order valence-corrected chi connectivity index (χ2v) is 8.07. The molecule has 1 amide bonds. The molecular formula is C24H30BN7O. The molecule has 0 spiro atoms. The lowest BCUT2D eigenvalue weighted by molar-refractivity contribution is -0.117. The van der Waals surface area contributed by atoms with E-state index in [-0.39, 0.29) is 5.91 Å². The van der Waals surface area contributed by atoms with Crippen LogP contribution in [-0.2, 0) is 11.2 Å². The number of hydrogen-bond donors (Lipinski definition) is 4. The lowest BCUT2D eigenvalue weighted by Gasteiger charge is -2.14. The zero-order valence-corrected chi connectivity index (χ0v) is 19.1. The number of hydrogen-bond acceptors (Lipinski definition) is 7. The van der Waals surface area contributed by atoms with E-state index in [0.29, 0.717) is 29.3 Å². The summed E-state index contributed by atoms with van der Waals surface area (Å²) in [6, 6.07) is 16.4. The van der Waals surface area contributed by atoms with Crippen LogP contribution in [0, 0.1) is 0 Å². The highest BCUT2D eigenvalue weighted by atomic mass is 16.2. The van der Waals surface area contributed by atoms with Gasteiger partial charge in [-0.3, -0.25) is 4.79 Å². The molecule has 1 atom stereocenters. The van der Waals surface area contributed by atoms with Crippen LogP contribution in [0.3, 0.4) is 0 Å². The summed E-state index contributed by atoms with van der Waals surface area (Å²) in [7, 11) is 10.1. The van der Waals surface area contributed by atoms with Gasteiger partial charge in [0.25, 0.3) is 0 Å². The van der Waals surface area contributed by atoms with Gasteiger partial charge in [0.05, 0.1) is 6.04 Å². The van der Waals surface area contributed by atoms with Gasteiger partial charge in [0.15, 0.2) is 0 Å². The summed E-state index contributed by atoms with van der Waals surface area (Å²) < 4.78 is 0. The Labute approximate surface area is 196 Å². The zero-order valence-electron chi connectivity index (χ0n) is 19.1. The van der Waals surface area contributed by atoms with Crippen LogP contribution in [-0.4, -0.2) is 61.8 Å². The van der Waals surface area contributed by atoms with Gasteiger partial charge in [0, 0.05) is 24.1 Å². The molecule has 9 heteroatoms. The molecule has 0 aliphatic rings. The third-order valence-corrected chi connectivity index (χ3v) is 4.91. The standard InChI is InChI=1S/C24H30BN7O/c1-32(2)13-7-12-27-22-20(25)16-28-24(31-22)30-19-11-6-10-18(15-19)29-23(33)21(26)14-17-8-4-3-5-9-17/h3-6,8-11,15-16,21H,7,12-14,26H2,1-2H3,(H,29,33)(H2,27,28,30,31). The number of carbonyl (C=O) groups excluding carboxylic acids is 1. The van der Waals surface area contributed by atoms with Crippen molar-refractivity contribution >= 4 is 42.4 Å². The minimum atomic E-state index is -0.648. The summed E-state index contributed by atoms with van der Waals surface area (Å²) in [6.45, 7) is 1.72. The van der Waals surface area contributed by atoms with Crippen molar-refractivity contribution in [1.82, 2.24) is 14.9 Å². The Morgan fingerprint density at radius 2 is 1.88 bits per heavy atom. The topological polar surface area (TPSA) is 108 Å². The molecule has 3 rings (SSSR count). The van der Waals surface area contributed by atoms with Crippen LogP contribution in [0.5, 0.6) is 0 Å². The van der Waals surface area contributed by atoms with Gasteiger partial charge in [-0.2, -0.15) is 4.98 Å². The second-order valence-electron chi connectivity index (χ2n) is 8.07. The van der Waals surface area contributed by atoms with E-state index < -0.39 is 6.04 Å². The van der Waals surface area contributed by atoms with Crippen LogP contribution in [0.15, 0.2) is 60.8 Å². The Morgan fingerprint density at radius 3 is 2.64 bits per heavy atom. The number of anilines is 4. The zero-order chi connectivity index (χ0) is 23.6. The van der Waals surface area contributed by atoms with Crippen molar-refractivity contribution in [2.24, 2.45) is 5.73 Å². The first-order chi connectivity index (χ1) is 15.9. The predicted molar refractivity (Wildman–Crippen MR) is 136 cm³/mol. The molecule has 0 fully saturated rings. The van der Waals surface area contributed by atoms with Gasteiger partial charge in [-0.05, 0) is 62.7 Å². The van der Waals surface area contributed by atoms with Crippen LogP contribution in [0.2, 0.25) is 0 Å². The van der Waals surface area contributed by atoms with Gasteiger partial charge in [0.2, 0.25) is 11.9 Å². The summed E-state index contributed by atoms with van der Waals surface area (Å²) in [5.41, 5.74) is 8.95. The molecule has 5 N–H and O–H groups in total. The Bertz CT molecular complexity index is 1050. The van der Waals surface area contributed by atoms with E-state index in [1.807, 2.05) is 56.6 Å². The molecule has 0 aliphatic heterocycles. The average molecular weight is 443 g/mol. The van der Waals surface area contributed by atoms with Crippen LogP contribution in [0.25, 0.3) is 0 Å². The van der Waals surface area contributed by atoms with Gasteiger partial charge in [0.1, 0.15) is 13.7 Å². The number of amides is 1. The number of aromatic nitrogens is 2.